The highest BCUT2D eigenvalue weighted by Crippen LogP contribution is 2.30. The van der Waals surface area contributed by atoms with E-state index in [1.807, 2.05) is 11.9 Å². The fourth-order valence-electron chi connectivity index (χ4n) is 4.37. The van der Waals surface area contributed by atoms with Gasteiger partial charge in [0.25, 0.3) is 0 Å². The molecule has 2 heterocycles. The van der Waals surface area contributed by atoms with Gasteiger partial charge in [0.1, 0.15) is 17.7 Å². The van der Waals surface area contributed by atoms with Gasteiger partial charge in [-0.2, -0.15) is 0 Å². The van der Waals surface area contributed by atoms with E-state index in [1.165, 1.54) is 12.1 Å². The molecule has 1 saturated carbocycles. The number of halogens is 1. The van der Waals surface area contributed by atoms with Crippen molar-refractivity contribution in [2.24, 2.45) is 13.0 Å². The number of carbonyl (C=O) groups excluding carboxylic acids is 2. The number of nitrogens with one attached hydrogen (secondary N) is 1. The van der Waals surface area contributed by atoms with Crippen LogP contribution in [-0.2, 0) is 16.6 Å². The zero-order valence-electron chi connectivity index (χ0n) is 16.0. The Labute approximate surface area is 163 Å². The average Bonchev–Trinajstić information content (AvgIpc) is 3.40. The number of aromatic nitrogens is 2. The Hall–Kier alpha value is -2.70. The van der Waals surface area contributed by atoms with E-state index in [0.717, 1.165) is 25.7 Å². The van der Waals surface area contributed by atoms with Crippen molar-refractivity contribution in [1.29, 1.82) is 0 Å². The number of aryl methyl sites for hydroxylation is 1. The van der Waals surface area contributed by atoms with Crippen LogP contribution in [0.2, 0.25) is 0 Å². The van der Waals surface area contributed by atoms with Gasteiger partial charge in [-0.1, -0.05) is 25.0 Å². The number of carbonyl (C=O) groups is 2. The molecule has 2 unspecified atom stereocenters. The van der Waals surface area contributed by atoms with Crippen LogP contribution in [0, 0.1) is 11.7 Å². The van der Waals surface area contributed by atoms with Gasteiger partial charge in [-0.05, 0) is 30.5 Å². The highest BCUT2D eigenvalue weighted by Gasteiger charge is 2.39. The van der Waals surface area contributed by atoms with E-state index in [2.05, 4.69) is 10.3 Å². The van der Waals surface area contributed by atoms with Crippen LogP contribution in [-0.4, -0.2) is 38.9 Å². The maximum atomic E-state index is 13.8. The zero-order valence-corrected chi connectivity index (χ0v) is 16.0. The van der Waals surface area contributed by atoms with Gasteiger partial charge in [-0.3, -0.25) is 9.59 Å². The third-order valence-corrected chi connectivity index (χ3v) is 5.88. The maximum absolute atomic E-state index is 13.8. The molecule has 1 saturated heterocycles. The van der Waals surface area contributed by atoms with Crippen LogP contribution in [0.5, 0.6) is 0 Å². The molecule has 0 radical (unpaired) electrons. The first-order valence-corrected chi connectivity index (χ1v) is 9.85. The van der Waals surface area contributed by atoms with E-state index >= 15 is 0 Å². The molecule has 2 fully saturated rings. The molecule has 2 aliphatic rings. The van der Waals surface area contributed by atoms with Crippen molar-refractivity contribution >= 4 is 11.8 Å². The van der Waals surface area contributed by atoms with Gasteiger partial charge in [-0.15, -0.1) is 0 Å². The van der Waals surface area contributed by atoms with Gasteiger partial charge in [0, 0.05) is 38.4 Å². The number of hydrogen-bond donors (Lipinski definition) is 1. The summed E-state index contributed by atoms with van der Waals surface area (Å²) in [5.41, 5.74) is 0.625. The molecule has 1 aromatic heterocycles. The lowest BCUT2D eigenvalue weighted by Gasteiger charge is -2.24. The first-order valence-electron chi connectivity index (χ1n) is 9.85. The number of hydrogen-bond acceptors (Lipinski definition) is 3. The molecule has 1 aromatic carbocycles. The minimum atomic E-state index is -0.571. The van der Waals surface area contributed by atoms with E-state index < -0.39 is 6.04 Å². The fraction of sp³-hybridized carbons (Fsp3) is 0.476. The van der Waals surface area contributed by atoms with Gasteiger partial charge in [-0.25, -0.2) is 9.37 Å². The minimum Gasteiger partial charge on any atom is -0.342 e. The van der Waals surface area contributed by atoms with Crippen LogP contribution in [0.1, 0.15) is 49.5 Å². The molecule has 2 aromatic rings. The lowest BCUT2D eigenvalue weighted by molar-refractivity contribution is -0.130. The minimum absolute atomic E-state index is 0.0614. The molecule has 2 atom stereocenters. The summed E-state index contributed by atoms with van der Waals surface area (Å²) in [6.07, 6.45) is 8.01. The van der Waals surface area contributed by atoms with Crippen LogP contribution < -0.4 is 5.32 Å². The molecule has 1 aliphatic carbocycles. The summed E-state index contributed by atoms with van der Waals surface area (Å²) in [5, 5.41) is 3.01. The number of likely N-dealkylation sites (tertiary alicyclic amines) is 1. The van der Waals surface area contributed by atoms with Gasteiger partial charge in [0.05, 0.1) is 5.92 Å². The molecule has 28 heavy (non-hydrogen) atoms. The molecule has 0 spiro atoms. The number of rotatable bonds is 5. The van der Waals surface area contributed by atoms with Crippen molar-refractivity contribution in [2.75, 3.05) is 6.54 Å². The van der Waals surface area contributed by atoms with E-state index in [1.54, 1.807) is 29.1 Å². The smallest absolute Gasteiger partial charge is 0.226 e. The monoisotopic (exact) mass is 384 g/mol. The highest BCUT2D eigenvalue weighted by atomic mass is 19.1. The van der Waals surface area contributed by atoms with Gasteiger partial charge in [0.2, 0.25) is 11.8 Å². The summed E-state index contributed by atoms with van der Waals surface area (Å²) in [6, 6.07) is 5.87. The second kappa shape index (κ2) is 7.73. The van der Waals surface area contributed by atoms with Gasteiger partial charge < -0.3 is 14.8 Å². The van der Waals surface area contributed by atoms with Crippen molar-refractivity contribution in [3.63, 3.8) is 0 Å². The van der Waals surface area contributed by atoms with Crippen LogP contribution in [0.3, 0.4) is 0 Å². The number of amides is 2. The third-order valence-electron chi connectivity index (χ3n) is 5.88. The third kappa shape index (κ3) is 3.66. The lowest BCUT2D eigenvalue weighted by atomic mass is 10.0. The van der Waals surface area contributed by atoms with Crippen LogP contribution >= 0.6 is 0 Å². The van der Waals surface area contributed by atoms with Crippen LogP contribution in [0.15, 0.2) is 36.7 Å². The molecular formula is C21H25FN4O2. The summed E-state index contributed by atoms with van der Waals surface area (Å²) < 4.78 is 15.6. The summed E-state index contributed by atoms with van der Waals surface area (Å²) in [5.74, 6) is -0.257. The first kappa shape index (κ1) is 18.7. The van der Waals surface area contributed by atoms with Crippen LogP contribution in [0.4, 0.5) is 4.39 Å². The number of nitrogens with zero attached hydrogens (tertiary/aromatic N) is 3. The van der Waals surface area contributed by atoms with E-state index in [-0.39, 0.29) is 36.0 Å². The molecule has 7 heteroatoms. The Balaban J connectivity index is 1.53. The predicted molar refractivity (Wildman–Crippen MR) is 102 cm³/mol. The second-order valence-electron chi connectivity index (χ2n) is 7.78. The molecule has 0 bridgehead atoms. The van der Waals surface area contributed by atoms with Crippen molar-refractivity contribution in [2.45, 2.75) is 44.2 Å². The maximum Gasteiger partial charge on any atom is 0.226 e. The van der Waals surface area contributed by atoms with E-state index in [9.17, 15) is 14.0 Å². The van der Waals surface area contributed by atoms with Gasteiger partial charge in [0.15, 0.2) is 0 Å². The van der Waals surface area contributed by atoms with Crippen molar-refractivity contribution < 1.29 is 14.0 Å². The summed E-state index contributed by atoms with van der Waals surface area (Å²) in [6.45, 7) is 0.464. The van der Waals surface area contributed by atoms with Crippen molar-refractivity contribution in [1.82, 2.24) is 19.8 Å². The molecular weight excluding hydrogens is 359 g/mol. The zero-order chi connectivity index (χ0) is 19.7. The quantitative estimate of drug-likeness (QED) is 0.862. The average molecular weight is 384 g/mol. The molecule has 1 N–H and O–H groups in total. The Morgan fingerprint density at radius 1 is 1.32 bits per heavy atom. The topological polar surface area (TPSA) is 67.2 Å². The molecule has 6 nitrogen and oxygen atoms in total. The number of imidazole rings is 1. The molecule has 148 valence electrons. The largest absolute Gasteiger partial charge is 0.342 e. The Morgan fingerprint density at radius 3 is 2.79 bits per heavy atom. The van der Waals surface area contributed by atoms with E-state index in [4.69, 9.17) is 0 Å². The highest BCUT2D eigenvalue weighted by molar-refractivity contribution is 5.89. The summed E-state index contributed by atoms with van der Waals surface area (Å²) in [7, 11) is 1.84. The molecule has 2 amide bonds. The van der Waals surface area contributed by atoms with Crippen molar-refractivity contribution in [3.05, 3.63) is 53.9 Å². The standard InChI is InChI=1S/C21H25FN4O2/c1-25-10-9-23-20(25)19(14-5-4-6-16(22)11-14)24-21(28)15-12-18(27)26(13-15)17-7-2-3-8-17/h4-6,9-11,15,17,19H,2-3,7-8,12-13H2,1H3,(H,24,28). The Kier molecular flexibility index (Phi) is 5.15. The Morgan fingerprint density at radius 2 is 2.11 bits per heavy atom. The van der Waals surface area contributed by atoms with E-state index in [0.29, 0.717) is 17.9 Å². The number of benzene rings is 1. The fourth-order valence-corrected chi connectivity index (χ4v) is 4.37. The Bertz CT molecular complexity index is 875. The molecule has 4 rings (SSSR count). The summed E-state index contributed by atoms with van der Waals surface area (Å²) in [4.78, 5) is 31.7. The molecule has 1 aliphatic heterocycles. The van der Waals surface area contributed by atoms with Gasteiger partial charge >= 0.3 is 0 Å². The van der Waals surface area contributed by atoms with Crippen molar-refractivity contribution in [3.8, 4) is 0 Å². The second-order valence-corrected chi connectivity index (χ2v) is 7.78. The first-order chi connectivity index (χ1) is 13.5. The predicted octanol–water partition coefficient (Wildman–Crippen LogP) is 2.56. The van der Waals surface area contributed by atoms with Crippen LogP contribution in [0.25, 0.3) is 0 Å². The lowest BCUT2D eigenvalue weighted by Crippen LogP contribution is -2.38. The SMILES string of the molecule is Cn1ccnc1C(NC(=O)C1CC(=O)N(C2CCCC2)C1)c1cccc(F)c1. The normalized spacial score (nSPS) is 21.3. The summed E-state index contributed by atoms with van der Waals surface area (Å²) >= 11 is 0.